The number of hydrogen-bond acceptors (Lipinski definition) is 6. The molecule has 0 bridgehead atoms. The molecule has 6 rings (SSSR count). The van der Waals surface area contributed by atoms with Crippen LogP contribution in [0.2, 0.25) is 0 Å². The van der Waals surface area contributed by atoms with E-state index in [9.17, 15) is 18.4 Å². The van der Waals surface area contributed by atoms with Crippen molar-refractivity contribution >= 4 is 40.3 Å². The van der Waals surface area contributed by atoms with E-state index in [1.807, 2.05) is 55.5 Å². The minimum absolute atomic E-state index is 0.130. The van der Waals surface area contributed by atoms with Gasteiger partial charge in [-0.05, 0) is 66.0 Å². The lowest BCUT2D eigenvalue weighted by molar-refractivity contribution is 0.0100. The lowest BCUT2D eigenvalue weighted by Gasteiger charge is -2.54. The standard InChI is InChI=1S/C34H39F2N5O3S/c1-21(33(2,3)4)40(32(43)44-18-22-8-6-5-7-9-22)17-23-10-11-26-25(14-23)38-31(41(26)24-15-34(16-24)19-37-20-34)39-30(42)28-13-12-27(45-28)29(35)36/h5-14,21,24,29,37H,15-20H2,1-4H3,(H,38,39,42)/t21-/m0/s1. The maximum atomic E-state index is 13.4. The van der Waals surface area contributed by atoms with Gasteiger partial charge in [0.1, 0.15) is 6.61 Å². The molecule has 1 aliphatic carbocycles. The third kappa shape index (κ3) is 6.46. The van der Waals surface area contributed by atoms with Gasteiger partial charge in [0.2, 0.25) is 5.95 Å². The van der Waals surface area contributed by atoms with Crippen LogP contribution in [0.15, 0.2) is 60.7 Å². The predicted molar refractivity (Wildman–Crippen MR) is 172 cm³/mol. The van der Waals surface area contributed by atoms with Gasteiger partial charge in [0.15, 0.2) is 0 Å². The maximum absolute atomic E-state index is 13.4. The Balaban J connectivity index is 1.27. The van der Waals surface area contributed by atoms with Gasteiger partial charge in [0.05, 0.1) is 20.8 Å². The van der Waals surface area contributed by atoms with Crippen LogP contribution in [-0.4, -0.2) is 45.6 Å². The first-order valence-corrected chi connectivity index (χ1v) is 16.1. The summed E-state index contributed by atoms with van der Waals surface area (Å²) in [5.74, 6) is -0.0668. The number of rotatable bonds is 9. The lowest BCUT2D eigenvalue weighted by Crippen LogP contribution is -2.60. The molecular weight excluding hydrogens is 596 g/mol. The number of benzene rings is 2. The molecule has 2 aliphatic rings. The summed E-state index contributed by atoms with van der Waals surface area (Å²) in [5.41, 5.74) is 3.45. The number of imidazole rings is 1. The first-order valence-electron chi connectivity index (χ1n) is 15.3. The minimum atomic E-state index is -2.63. The highest BCUT2D eigenvalue weighted by atomic mass is 32.1. The van der Waals surface area contributed by atoms with Gasteiger partial charge in [-0.15, -0.1) is 11.3 Å². The summed E-state index contributed by atoms with van der Waals surface area (Å²) >= 11 is 0.784. The Hall–Kier alpha value is -3.83. The second-order valence-corrected chi connectivity index (χ2v) is 14.6. The first kappa shape index (κ1) is 31.2. The highest BCUT2D eigenvalue weighted by Gasteiger charge is 2.50. The molecule has 4 aromatic rings. The van der Waals surface area contributed by atoms with E-state index in [-0.39, 0.29) is 39.3 Å². The summed E-state index contributed by atoms with van der Waals surface area (Å²) < 4.78 is 34.2. The summed E-state index contributed by atoms with van der Waals surface area (Å²) in [5, 5.41) is 6.27. The van der Waals surface area contributed by atoms with Crippen molar-refractivity contribution < 1.29 is 23.1 Å². The molecule has 45 heavy (non-hydrogen) atoms. The number of nitrogens with zero attached hydrogens (tertiary/aromatic N) is 3. The van der Waals surface area contributed by atoms with E-state index in [1.54, 1.807) is 4.90 Å². The van der Waals surface area contributed by atoms with Crippen LogP contribution < -0.4 is 10.6 Å². The van der Waals surface area contributed by atoms with Gasteiger partial charge in [-0.25, -0.2) is 18.6 Å². The van der Waals surface area contributed by atoms with Crippen molar-refractivity contribution in [2.45, 2.75) is 72.2 Å². The highest BCUT2D eigenvalue weighted by Crippen LogP contribution is 2.52. The number of hydrogen-bond donors (Lipinski definition) is 2. The predicted octanol–water partition coefficient (Wildman–Crippen LogP) is 7.79. The molecule has 2 fully saturated rings. The Labute approximate surface area is 265 Å². The zero-order chi connectivity index (χ0) is 31.9. The van der Waals surface area contributed by atoms with Crippen molar-refractivity contribution in [3.63, 3.8) is 0 Å². The maximum Gasteiger partial charge on any atom is 0.410 e. The van der Waals surface area contributed by atoms with Crippen LogP contribution in [-0.2, 0) is 17.9 Å². The molecule has 1 aliphatic heterocycles. The SMILES string of the molecule is C[C@H](N(Cc1ccc2c(c1)nc(NC(=O)c1ccc(C(F)F)s1)n2C1CC2(CNC2)C1)C(=O)OCc1ccccc1)C(C)(C)C. The summed E-state index contributed by atoms with van der Waals surface area (Å²) in [6, 6.07) is 18.3. The Morgan fingerprint density at radius 2 is 1.84 bits per heavy atom. The fraction of sp³-hybridized carbons (Fsp3) is 0.441. The molecule has 0 unspecified atom stereocenters. The fourth-order valence-electron chi connectivity index (χ4n) is 6.17. The van der Waals surface area contributed by atoms with Crippen molar-refractivity contribution in [1.29, 1.82) is 0 Å². The van der Waals surface area contributed by atoms with Crippen LogP contribution >= 0.6 is 11.3 Å². The molecule has 1 saturated heterocycles. The number of nitrogens with one attached hydrogen (secondary N) is 2. The van der Waals surface area contributed by atoms with Crippen LogP contribution in [0.25, 0.3) is 11.0 Å². The molecule has 2 amide bonds. The molecule has 238 valence electrons. The largest absolute Gasteiger partial charge is 0.445 e. The average Bonchev–Trinajstić information content (AvgIpc) is 3.59. The molecule has 2 N–H and O–H groups in total. The number of fused-ring (bicyclic) bond motifs is 1. The number of aromatic nitrogens is 2. The first-order chi connectivity index (χ1) is 21.4. The zero-order valence-corrected chi connectivity index (χ0v) is 26.8. The van der Waals surface area contributed by atoms with Crippen molar-refractivity contribution in [3.8, 4) is 0 Å². The van der Waals surface area contributed by atoms with E-state index in [2.05, 4.69) is 36.0 Å². The Kier molecular flexibility index (Phi) is 8.43. The van der Waals surface area contributed by atoms with Gasteiger partial charge < -0.3 is 19.5 Å². The average molecular weight is 636 g/mol. The normalized spacial score (nSPS) is 16.8. The molecular formula is C34H39F2N5O3S. The van der Waals surface area contributed by atoms with Crippen molar-refractivity contribution in [1.82, 2.24) is 19.8 Å². The summed E-state index contributed by atoms with van der Waals surface area (Å²) in [6.07, 6.45) is -1.09. The van der Waals surface area contributed by atoms with E-state index in [0.29, 0.717) is 18.0 Å². The van der Waals surface area contributed by atoms with E-state index < -0.39 is 18.4 Å². The van der Waals surface area contributed by atoms with Gasteiger partial charge in [0.25, 0.3) is 12.3 Å². The lowest BCUT2D eigenvalue weighted by atomic mass is 9.61. The number of ether oxygens (including phenoxy) is 1. The highest BCUT2D eigenvalue weighted by molar-refractivity contribution is 7.14. The monoisotopic (exact) mass is 635 g/mol. The van der Waals surface area contributed by atoms with Crippen LogP contribution in [0.1, 0.15) is 78.7 Å². The Morgan fingerprint density at radius 1 is 1.11 bits per heavy atom. The number of thiophene rings is 1. The molecule has 0 radical (unpaired) electrons. The molecule has 11 heteroatoms. The van der Waals surface area contributed by atoms with Gasteiger partial charge >= 0.3 is 6.09 Å². The number of alkyl halides is 2. The van der Waals surface area contributed by atoms with Crippen molar-refractivity contribution in [3.05, 3.63) is 81.5 Å². The third-order valence-corrected chi connectivity index (χ3v) is 10.4. The minimum Gasteiger partial charge on any atom is -0.445 e. The number of amides is 2. The smallest absolute Gasteiger partial charge is 0.410 e. The van der Waals surface area contributed by atoms with Crippen LogP contribution in [0.5, 0.6) is 0 Å². The molecule has 1 atom stereocenters. The van der Waals surface area contributed by atoms with Crippen molar-refractivity contribution in [2.24, 2.45) is 10.8 Å². The van der Waals surface area contributed by atoms with E-state index in [1.165, 1.54) is 12.1 Å². The summed E-state index contributed by atoms with van der Waals surface area (Å²) in [6.45, 7) is 10.8. The molecule has 2 aromatic carbocycles. The second kappa shape index (κ2) is 12.2. The van der Waals surface area contributed by atoms with Crippen LogP contribution in [0, 0.1) is 10.8 Å². The number of carbonyl (C=O) groups is 2. The van der Waals surface area contributed by atoms with E-state index >= 15 is 0 Å². The van der Waals surface area contributed by atoms with Gasteiger partial charge in [-0.2, -0.15) is 0 Å². The number of anilines is 1. The molecule has 1 saturated carbocycles. The van der Waals surface area contributed by atoms with Gasteiger partial charge in [-0.1, -0.05) is 57.2 Å². The molecule has 8 nitrogen and oxygen atoms in total. The number of halogens is 2. The van der Waals surface area contributed by atoms with E-state index in [0.717, 1.165) is 53.9 Å². The summed E-state index contributed by atoms with van der Waals surface area (Å²) in [4.78, 5) is 33.2. The zero-order valence-electron chi connectivity index (χ0n) is 26.0. The van der Waals surface area contributed by atoms with Crippen LogP contribution in [0.3, 0.4) is 0 Å². The third-order valence-electron chi connectivity index (χ3n) is 9.26. The van der Waals surface area contributed by atoms with Gasteiger partial charge in [0, 0.05) is 31.7 Å². The molecule has 2 aromatic heterocycles. The van der Waals surface area contributed by atoms with Crippen LogP contribution in [0.4, 0.5) is 19.5 Å². The summed E-state index contributed by atoms with van der Waals surface area (Å²) in [7, 11) is 0. The Bertz CT molecular complexity index is 1680. The molecule has 3 heterocycles. The van der Waals surface area contributed by atoms with Gasteiger partial charge in [-0.3, -0.25) is 10.1 Å². The second-order valence-electron chi connectivity index (χ2n) is 13.5. The topological polar surface area (TPSA) is 88.5 Å². The van der Waals surface area contributed by atoms with Crippen molar-refractivity contribution in [2.75, 3.05) is 18.4 Å². The molecule has 1 spiro atoms. The fourth-order valence-corrected chi connectivity index (χ4v) is 6.93. The van der Waals surface area contributed by atoms with E-state index in [4.69, 9.17) is 9.72 Å². The Morgan fingerprint density at radius 3 is 2.47 bits per heavy atom. The quantitative estimate of drug-likeness (QED) is 0.196. The number of carbonyl (C=O) groups excluding carboxylic acids is 2.